The molecular weight excluding hydrogens is 242 g/mol. The molecule has 0 spiro atoms. The van der Waals surface area contributed by atoms with E-state index in [1.165, 1.54) is 12.1 Å². The third kappa shape index (κ3) is 2.02. The molecule has 0 nitrogen and oxygen atoms in total. The van der Waals surface area contributed by atoms with Crippen LogP contribution in [0.5, 0.6) is 0 Å². The first-order chi connectivity index (χ1) is 6.75. The van der Waals surface area contributed by atoms with Crippen molar-refractivity contribution in [3.8, 4) is 11.1 Å². The fraction of sp³-hybridized carbons (Fsp3) is 0. The lowest BCUT2D eigenvalue weighted by atomic mass is 10.1. The minimum Gasteiger partial charge on any atom is -0.207 e. The van der Waals surface area contributed by atoms with Gasteiger partial charge in [-0.2, -0.15) is 0 Å². The molecule has 0 aliphatic carbocycles. The van der Waals surface area contributed by atoms with Gasteiger partial charge in [-0.05, 0) is 35.4 Å². The largest absolute Gasteiger partial charge is 0.207 e. The fourth-order valence-electron chi connectivity index (χ4n) is 1.28. The van der Waals surface area contributed by atoms with Crippen LogP contribution in [0.1, 0.15) is 0 Å². The molecule has 0 radical (unpaired) electrons. The summed E-state index contributed by atoms with van der Waals surface area (Å²) in [6, 6.07) is 14.4. The molecule has 0 aliphatic heterocycles. The van der Waals surface area contributed by atoms with Crippen molar-refractivity contribution in [2.75, 3.05) is 0 Å². The lowest BCUT2D eigenvalue weighted by Crippen LogP contribution is -1.78. The van der Waals surface area contributed by atoms with Gasteiger partial charge < -0.3 is 0 Å². The van der Waals surface area contributed by atoms with Crippen molar-refractivity contribution in [3.63, 3.8) is 0 Å². The van der Waals surface area contributed by atoms with Crippen molar-refractivity contribution < 1.29 is 4.39 Å². The fourth-order valence-corrected chi connectivity index (χ4v) is 1.55. The summed E-state index contributed by atoms with van der Waals surface area (Å²) in [5.41, 5.74) is 2.12. The molecule has 70 valence electrons. The molecule has 0 N–H and O–H groups in total. The molecule has 2 aromatic carbocycles. The maximum Gasteiger partial charge on any atom is 0.123 e. The Balaban J connectivity index is 2.40. The highest BCUT2D eigenvalue weighted by Gasteiger charge is 1.97. The molecule has 0 fully saturated rings. The highest BCUT2D eigenvalue weighted by atomic mass is 79.9. The first-order valence-corrected chi connectivity index (χ1v) is 5.06. The van der Waals surface area contributed by atoms with Crippen LogP contribution in [0.4, 0.5) is 4.39 Å². The first kappa shape index (κ1) is 9.41. The molecule has 0 heterocycles. The van der Waals surface area contributed by atoms with E-state index in [0.717, 1.165) is 15.6 Å². The Morgan fingerprint density at radius 1 is 0.714 bits per heavy atom. The predicted molar refractivity (Wildman–Crippen MR) is 59.5 cm³/mol. The van der Waals surface area contributed by atoms with Gasteiger partial charge in [-0.3, -0.25) is 0 Å². The van der Waals surface area contributed by atoms with Gasteiger partial charge in [0.25, 0.3) is 0 Å². The molecule has 0 atom stereocenters. The smallest absolute Gasteiger partial charge is 0.123 e. The van der Waals surface area contributed by atoms with Crippen LogP contribution in [0.3, 0.4) is 0 Å². The summed E-state index contributed by atoms with van der Waals surface area (Å²) in [7, 11) is 0. The first-order valence-electron chi connectivity index (χ1n) is 4.27. The van der Waals surface area contributed by atoms with E-state index in [4.69, 9.17) is 0 Å². The van der Waals surface area contributed by atoms with E-state index < -0.39 is 0 Å². The average Bonchev–Trinajstić information content (AvgIpc) is 2.21. The van der Waals surface area contributed by atoms with Crippen molar-refractivity contribution in [1.82, 2.24) is 0 Å². The average molecular weight is 250 g/mol. The van der Waals surface area contributed by atoms with E-state index in [9.17, 15) is 4.39 Å². The Morgan fingerprint density at radius 2 is 1.14 bits per heavy atom. The molecule has 0 aliphatic rings. The second-order valence-corrected chi connectivity index (χ2v) is 3.93. The maximum absolute atomic E-state index is 12.7. The van der Waals surface area contributed by atoms with Crippen molar-refractivity contribution >= 4 is 15.9 Å². The normalized spacial score (nSPS) is 10.1. The van der Waals surface area contributed by atoms with Gasteiger partial charge in [0.15, 0.2) is 0 Å². The highest BCUT2D eigenvalue weighted by molar-refractivity contribution is 9.10. The van der Waals surface area contributed by atoms with E-state index in [2.05, 4.69) is 15.9 Å². The van der Waals surface area contributed by atoms with Crippen LogP contribution >= 0.6 is 15.9 Å². The van der Waals surface area contributed by atoms with Crippen LogP contribution in [0, 0.1) is 5.82 Å². The summed E-state index contributed by atoms with van der Waals surface area (Å²) in [4.78, 5) is 0. The van der Waals surface area contributed by atoms with Crippen LogP contribution < -0.4 is 0 Å². The number of hydrogen-bond acceptors (Lipinski definition) is 0. The summed E-state index contributed by atoms with van der Waals surface area (Å²) < 4.78 is 13.7. The summed E-state index contributed by atoms with van der Waals surface area (Å²) in [5.74, 6) is -0.203. The van der Waals surface area contributed by atoms with E-state index in [0.29, 0.717) is 0 Å². The number of halogens is 2. The third-order valence-electron chi connectivity index (χ3n) is 2.02. The van der Waals surface area contributed by atoms with E-state index in [1.807, 2.05) is 24.3 Å². The van der Waals surface area contributed by atoms with Gasteiger partial charge in [-0.1, -0.05) is 40.2 Å². The van der Waals surface area contributed by atoms with Gasteiger partial charge in [-0.15, -0.1) is 0 Å². The van der Waals surface area contributed by atoms with E-state index in [-0.39, 0.29) is 5.82 Å². The summed E-state index contributed by atoms with van der Waals surface area (Å²) in [6.45, 7) is 0. The Hall–Kier alpha value is -1.15. The number of rotatable bonds is 1. The van der Waals surface area contributed by atoms with Gasteiger partial charge in [0.1, 0.15) is 5.82 Å². The van der Waals surface area contributed by atoms with Crippen LogP contribution in [-0.4, -0.2) is 0 Å². The zero-order chi connectivity index (χ0) is 9.97. The molecule has 0 saturated heterocycles. The zero-order valence-electron chi connectivity index (χ0n) is 7.37. The van der Waals surface area contributed by atoms with Crippen molar-refractivity contribution in [2.45, 2.75) is 0 Å². The highest BCUT2D eigenvalue weighted by Crippen LogP contribution is 2.21. The zero-order valence-corrected chi connectivity index (χ0v) is 8.96. The van der Waals surface area contributed by atoms with Crippen LogP contribution in [0.2, 0.25) is 0 Å². The molecule has 0 aromatic heterocycles. The molecule has 2 rings (SSSR count). The van der Waals surface area contributed by atoms with Gasteiger partial charge in [0.05, 0.1) is 0 Å². The van der Waals surface area contributed by atoms with Crippen molar-refractivity contribution in [2.24, 2.45) is 0 Å². The Kier molecular flexibility index (Phi) is 2.64. The second kappa shape index (κ2) is 3.93. The maximum atomic E-state index is 12.7. The Morgan fingerprint density at radius 3 is 1.64 bits per heavy atom. The number of hydrogen-bond donors (Lipinski definition) is 0. The minimum absolute atomic E-state index is 0.203. The standard InChI is InChI=1S/C12H8BrF/c13-11-5-1-9(2-6-11)10-3-7-12(14)8-4-10/h1-8H/i14-1. The summed E-state index contributed by atoms with van der Waals surface area (Å²) in [5, 5.41) is 0. The molecular formula is C12H8BrF. The van der Waals surface area contributed by atoms with Crippen molar-refractivity contribution in [3.05, 3.63) is 58.8 Å². The summed E-state index contributed by atoms with van der Waals surface area (Å²) >= 11 is 3.37. The predicted octanol–water partition coefficient (Wildman–Crippen LogP) is 4.26. The molecule has 0 saturated carbocycles. The molecule has 2 aromatic rings. The quantitative estimate of drug-likeness (QED) is 0.709. The van der Waals surface area contributed by atoms with Crippen LogP contribution in [-0.2, 0) is 0 Å². The van der Waals surface area contributed by atoms with Gasteiger partial charge in [-0.25, -0.2) is 4.39 Å². The van der Waals surface area contributed by atoms with Crippen LogP contribution in [0.25, 0.3) is 11.1 Å². The van der Waals surface area contributed by atoms with Crippen molar-refractivity contribution in [1.29, 1.82) is 0 Å². The molecule has 2 heteroatoms. The monoisotopic (exact) mass is 249 g/mol. The molecule has 0 bridgehead atoms. The summed E-state index contributed by atoms with van der Waals surface area (Å²) in [6.07, 6.45) is 0. The minimum atomic E-state index is -0.203. The second-order valence-electron chi connectivity index (χ2n) is 3.01. The molecule has 0 amide bonds. The molecule has 0 unspecified atom stereocenters. The van der Waals surface area contributed by atoms with Gasteiger partial charge in [0, 0.05) is 4.47 Å². The van der Waals surface area contributed by atoms with E-state index >= 15 is 0 Å². The van der Waals surface area contributed by atoms with Crippen LogP contribution in [0.15, 0.2) is 53.0 Å². The topological polar surface area (TPSA) is 0 Å². The van der Waals surface area contributed by atoms with Gasteiger partial charge >= 0.3 is 0 Å². The van der Waals surface area contributed by atoms with E-state index in [1.54, 1.807) is 12.1 Å². The SMILES string of the molecule is [18F]c1ccc(-c2ccc(Br)cc2)cc1. The Bertz CT molecular complexity index is 374. The molecule has 14 heavy (non-hydrogen) atoms. The third-order valence-corrected chi connectivity index (χ3v) is 2.55. The number of benzene rings is 2. The Labute approximate surface area is 90.5 Å². The van der Waals surface area contributed by atoms with Gasteiger partial charge in [0.2, 0.25) is 0 Å². The lowest BCUT2D eigenvalue weighted by molar-refractivity contribution is 0.628. The lowest BCUT2D eigenvalue weighted by Gasteiger charge is -2.00.